The average molecular weight is 384 g/mol. The Morgan fingerprint density at radius 3 is 1.11 bits per heavy atom. The van der Waals surface area contributed by atoms with Gasteiger partial charge in [0.2, 0.25) is 0 Å². The quantitative estimate of drug-likeness (QED) is 0.488. The normalized spacial score (nSPS) is 22.6. The fourth-order valence-corrected chi connectivity index (χ4v) is 3.02. The third kappa shape index (κ3) is 5.60. The zero-order valence-electron chi connectivity index (χ0n) is 15.0. The van der Waals surface area contributed by atoms with Gasteiger partial charge >= 0.3 is 23.9 Å². The van der Waals surface area contributed by atoms with E-state index in [-0.39, 0.29) is 43.7 Å². The highest BCUT2D eigenvalue weighted by Gasteiger charge is 2.55. The monoisotopic (exact) mass is 384 g/mol. The second-order valence-corrected chi connectivity index (χ2v) is 6.65. The molecule has 27 heavy (non-hydrogen) atoms. The first kappa shape index (κ1) is 20.5. The van der Waals surface area contributed by atoms with E-state index in [1.54, 1.807) is 0 Å². The number of Topliss-reactive ketones (excluding diaryl/α,β-unsaturated/α-hetero) is 2. The Balaban J connectivity index is 0.000000321. The fraction of sp³-hybridized carbons (Fsp3) is 0.647. The van der Waals surface area contributed by atoms with Gasteiger partial charge in [-0.25, -0.2) is 0 Å². The first-order valence-electron chi connectivity index (χ1n) is 8.39. The topological polar surface area (TPSA) is 139 Å². The largest absolute Gasteiger partial charge is 0.422 e. The molecule has 0 radical (unpaired) electrons. The van der Waals surface area contributed by atoms with Crippen molar-refractivity contribution >= 4 is 35.4 Å². The van der Waals surface area contributed by atoms with Crippen LogP contribution in [0.3, 0.4) is 0 Å². The molecule has 0 aromatic heterocycles. The number of carbonyl (C=O) groups excluding carboxylic acids is 6. The minimum absolute atomic E-state index is 0.0625. The van der Waals surface area contributed by atoms with Crippen LogP contribution in [0, 0.1) is 0 Å². The van der Waals surface area contributed by atoms with E-state index >= 15 is 0 Å². The number of rotatable bonds is 2. The second kappa shape index (κ2) is 7.85. The molecule has 3 aliphatic rings. The molecule has 1 saturated carbocycles. The van der Waals surface area contributed by atoms with Crippen LogP contribution in [0.5, 0.6) is 0 Å². The molecule has 0 amide bonds. The summed E-state index contributed by atoms with van der Waals surface area (Å²) in [6.45, 7) is 2.81. The lowest BCUT2D eigenvalue weighted by atomic mass is 9.87. The molecule has 3 fully saturated rings. The van der Waals surface area contributed by atoms with Crippen molar-refractivity contribution in [2.24, 2.45) is 0 Å². The molecule has 0 aromatic rings. The SMILES string of the molecule is CC(=O)CC(C)=O.O=C1CC(=O)OC2(CCC3(CC2)OC(=O)CC(=O)O3)O1. The third-order valence-electron chi connectivity index (χ3n) is 4.05. The smallest absolute Gasteiger partial charge is 0.320 e. The van der Waals surface area contributed by atoms with Gasteiger partial charge in [0, 0.05) is 25.7 Å². The molecule has 2 aliphatic heterocycles. The van der Waals surface area contributed by atoms with Gasteiger partial charge in [-0.15, -0.1) is 0 Å². The molecule has 0 unspecified atom stereocenters. The molecule has 148 valence electrons. The Hall–Kier alpha value is -2.78. The predicted octanol–water partition coefficient (Wildman–Crippen LogP) is 0.488. The molecule has 0 aromatic carbocycles. The lowest BCUT2D eigenvalue weighted by Gasteiger charge is -2.45. The lowest BCUT2D eigenvalue weighted by Crippen LogP contribution is -2.55. The Bertz CT molecular complexity index is 590. The summed E-state index contributed by atoms with van der Waals surface area (Å²) in [5.41, 5.74) is 0. The van der Waals surface area contributed by atoms with Gasteiger partial charge in [-0.05, 0) is 13.8 Å². The summed E-state index contributed by atoms with van der Waals surface area (Å²) in [7, 11) is 0. The van der Waals surface area contributed by atoms with Gasteiger partial charge in [0.15, 0.2) is 0 Å². The van der Waals surface area contributed by atoms with Crippen molar-refractivity contribution in [3.63, 3.8) is 0 Å². The molecule has 2 saturated heterocycles. The molecule has 10 nitrogen and oxygen atoms in total. The molecule has 0 atom stereocenters. The summed E-state index contributed by atoms with van der Waals surface area (Å²) in [5.74, 6) is -5.35. The van der Waals surface area contributed by atoms with E-state index in [1.165, 1.54) is 13.8 Å². The maximum atomic E-state index is 11.3. The van der Waals surface area contributed by atoms with Crippen molar-refractivity contribution in [3.8, 4) is 0 Å². The van der Waals surface area contributed by atoms with Crippen molar-refractivity contribution < 1.29 is 47.7 Å². The predicted molar refractivity (Wildman–Crippen MR) is 83.5 cm³/mol. The Morgan fingerprint density at radius 2 is 0.926 bits per heavy atom. The van der Waals surface area contributed by atoms with Gasteiger partial charge in [0.25, 0.3) is 11.6 Å². The number of hydrogen-bond donors (Lipinski definition) is 0. The molecule has 1 aliphatic carbocycles. The molecule has 2 heterocycles. The number of ketones is 2. The minimum Gasteiger partial charge on any atom is -0.422 e. The van der Waals surface area contributed by atoms with Gasteiger partial charge in [-0.3, -0.25) is 28.8 Å². The van der Waals surface area contributed by atoms with Crippen LogP contribution in [0.4, 0.5) is 0 Å². The van der Waals surface area contributed by atoms with Crippen molar-refractivity contribution in [1.82, 2.24) is 0 Å². The van der Waals surface area contributed by atoms with Crippen molar-refractivity contribution in [3.05, 3.63) is 0 Å². The van der Waals surface area contributed by atoms with Gasteiger partial charge in [-0.2, -0.15) is 0 Å². The van der Waals surface area contributed by atoms with Crippen LogP contribution >= 0.6 is 0 Å². The van der Waals surface area contributed by atoms with E-state index in [0.29, 0.717) is 0 Å². The van der Waals surface area contributed by atoms with Gasteiger partial charge in [-0.1, -0.05) is 0 Å². The summed E-state index contributed by atoms with van der Waals surface area (Å²) >= 11 is 0. The van der Waals surface area contributed by atoms with Crippen molar-refractivity contribution in [2.75, 3.05) is 0 Å². The molecule has 0 bridgehead atoms. The van der Waals surface area contributed by atoms with Crippen LogP contribution in [-0.2, 0) is 47.7 Å². The van der Waals surface area contributed by atoms with Gasteiger partial charge in [0.05, 0.1) is 6.42 Å². The zero-order chi connectivity index (χ0) is 20.2. The fourth-order valence-electron chi connectivity index (χ4n) is 3.02. The molecule has 0 N–H and O–H groups in total. The molecular weight excluding hydrogens is 364 g/mol. The summed E-state index contributed by atoms with van der Waals surface area (Å²) in [6.07, 6.45) is -0.264. The van der Waals surface area contributed by atoms with E-state index in [4.69, 9.17) is 18.9 Å². The summed E-state index contributed by atoms with van der Waals surface area (Å²) in [6, 6.07) is 0. The van der Waals surface area contributed by atoms with Crippen molar-refractivity contribution in [1.29, 1.82) is 0 Å². The highest BCUT2D eigenvalue weighted by atomic mass is 16.8. The number of hydrogen-bond acceptors (Lipinski definition) is 10. The zero-order valence-corrected chi connectivity index (χ0v) is 15.0. The molecule has 2 spiro atoms. The summed E-state index contributed by atoms with van der Waals surface area (Å²) in [4.78, 5) is 65.4. The van der Waals surface area contributed by atoms with Crippen LogP contribution < -0.4 is 0 Å². The van der Waals surface area contributed by atoms with Crippen LogP contribution in [0.2, 0.25) is 0 Å². The van der Waals surface area contributed by atoms with E-state index < -0.39 is 48.3 Å². The van der Waals surface area contributed by atoms with Crippen LogP contribution in [-0.4, -0.2) is 47.0 Å². The van der Waals surface area contributed by atoms with Crippen molar-refractivity contribution in [2.45, 2.75) is 70.4 Å². The summed E-state index contributed by atoms with van der Waals surface area (Å²) in [5, 5.41) is 0. The maximum absolute atomic E-state index is 11.3. The first-order valence-corrected chi connectivity index (χ1v) is 8.39. The molecule has 3 rings (SSSR count). The van der Waals surface area contributed by atoms with Crippen LogP contribution in [0.1, 0.15) is 58.8 Å². The number of ether oxygens (including phenoxy) is 4. The highest BCUT2D eigenvalue weighted by Crippen LogP contribution is 2.43. The minimum atomic E-state index is -1.33. The standard InChI is InChI=1S/C12H12O8.C5H8O2/c13-7-5-8(14)18-11(17-7)1-2-12(4-3-11)19-9(15)6-10(16)20-12;1-4(6)3-5(2)7/h1-6H2;3H2,1-2H3. The van der Waals surface area contributed by atoms with E-state index in [1.807, 2.05) is 0 Å². The third-order valence-corrected chi connectivity index (χ3v) is 4.05. The molecular formula is C17H20O10. The molecule has 10 heteroatoms. The van der Waals surface area contributed by atoms with E-state index in [9.17, 15) is 28.8 Å². The van der Waals surface area contributed by atoms with E-state index in [0.717, 1.165) is 0 Å². The second-order valence-electron chi connectivity index (χ2n) is 6.65. The Kier molecular flexibility index (Phi) is 5.97. The van der Waals surface area contributed by atoms with E-state index in [2.05, 4.69) is 0 Å². The van der Waals surface area contributed by atoms with Crippen LogP contribution in [0.15, 0.2) is 0 Å². The first-order chi connectivity index (χ1) is 12.5. The lowest BCUT2D eigenvalue weighted by molar-refractivity contribution is -0.298. The van der Waals surface area contributed by atoms with Gasteiger partial charge < -0.3 is 18.9 Å². The average Bonchev–Trinajstić information content (AvgIpc) is 2.48. The van der Waals surface area contributed by atoms with Gasteiger partial charge in [0.1, 0.15) is 24.4 Å². The number of carbonyl (C=O) groups is 6. The summed E-state index contributed by atoms with van der Waals surface area (Å²) < 4.78 is 20.4. The van der Waals surface area contributed by atoms with Crippen LogP contribution in [0.25, 0.3) is 0 Å². The highest BCUT2D eigenvalue weighted by molar-refractivity contribution is 5.96. The Labute approximate surface area is 154 Å². The number of esters is 4. The Morgan fingerprint density at radius 1 is 0.667 bits per heavy atom. The maximum Gasteiger partial charge on any atom is 0.320 e.